The molecule has 0 amide bonds. The van der Waals surface area contributed by atoms with Crippen LogP contribution in [0.4, 0.5) is 0 Å². The quantitative estimate of drug-likeness (QED) is 0.829. The van der Waals surface area contributed by atoms with Crippen LogP contribution in [-0.2, 0) is 0 Å². The highest BCUT2D eigenvalue weighted by Crippen LogP contribution is 2.27. The van der Waals surface area contributed by atoms with Crippen molar-refractivity contribution in [3.8, 4) is 0 Å². The van der Waals surface area contributed by atoms with Crippen LogP contribution in [0.3, 0.4) is 0 Å². The summed E-state index contributed by atoms with van der Waals surface area (Å²) < 4.78 is 0. The van der Waals surface area contributed by atoms with Gasteiger partial charge >= 0.3 is 0 Å². The Morgan fingerprint density at radius 2 is 2.05 bits per heavy atom. The maximum atomic E-state index is 6.11. The first-order chi connectivity index (χ1) is 9.17. The molecule has 0 aromatic heterocycles. The van der Waals surface area contributed by atoms with Crippen LogP contribution in [0.15, 0.2) is 0 Å². The molecule has 0 radical (unpaired) electrons. The van der Waals surface area contributed by atoms with Crippen molar-refractivity contribution in [3.63, 3.8) is 0 Å². The molecule has 112 valence electrons. The molecule has 4 unspecified atom stereocenters. The zero-order valence-electron chi connectivity index (χ0n) is 13.1. The molecule has 2 aliphatic rings. The van der Waals surface area contributed by atoms with Gasteiger partial charge in [0.2, 0.25) is 0 Å². The number of nitrogens with zero attached hydrogens (tertiary/aromatic N) is 2. The molecule has 2 fully saturated rings. The summed E-state index contributed by atoms with van der Waals surface area (Å²) in [6.45, 7) is 11.7. The van der Waals surface area contributed by atoms with Gasteiger partial charge in [-0.05, 0) is 38.6 Å². The summed E-state index contributed by atoms with van der Waals surface area (Å²) >= 11 is 0. The average Bonchev–Trinajstić information content (AvgIpc) is 2.40. The Hall–Kier alpha value is -0.120. The van der Waals surface area contributed by atoms with Gasteiger partial charge < -0.3 is 5.73 Å². The van der Waals surface area contributed by atoms with E-state index in [0.717, 1.165) is 18.5 Å². The molecule has 0 aromatic rings. The zero-order chi connectivity index (χ0) is 13.8. The summed E-state index contributed by atoms with van der Waals surface area (Å²) in [6, 6.07) is 2.05. The van der Waals surface area contributed by atoms with Crippen molar-refractivity contribution in [2.75, 3.05) is 26.2 Å². The van der Waals surface area contributed by atoms with E-state index in [2.05, 4.69) is 30.6 Å². The summed E-state index contributed by atoms with van der Waals surface area (Å²) in [7, 11) is 0. The topological polar surface area (TPSA) is 32.5 Å². The number of hydrogen-bond donors (Lipinski definition) is 1. The van der Waals surface area contributed by atoms with E-state index in [1.165, 1.54) is 51.7 Å². The summed E-state index contributed by atoms with van der Waals surface area (Å²) in [5, 5.41) is 0. The standard InChI is InChI=1S/C16H33N3/c1-4-7-13(2)16(10-17)19-12-15-8-5-6-9-18(15)11-14(19)3/h13-16H,4-12,17H2,1-3H3. The molecular weight excluding hydrogens is 234 g/mol. The molecule has 0 aliphatic carbocycles. The van der Waals surface area contributed by atoms with Gasteiger partial charge in [0, 0.05) is 37.8 Å². The second-order valence-electron chi connectivity index (χ2n) is 6.76. The van der Waals surface area contributed by atoms with Crippen LogP contribution in [-0.4, -0.2) is 54.1 Å². The number of nitrogens with two attached hydrogens (primary N) is 1. The third-order valence-corrected chi connectivity index (χ3v) is 5.30. The van der Waals surface area contributed by atoms with E-state index in [4.69, 9.17) is 5.73 Å². The van der Waals surface area contributed by atoms with Gasteiger partial charge in [0.15, 0.2) is 0 Å². The van der Waals surface area contributed by atoms with E-state index in [9.17, 15) is 0 Å². The lowest BCUT2D eigenvalue weighted by atomic mass is 9.90. The lowest BCUT2D eigenvalue weighted by molar-refractivity contribution is -0.0187. The Balaban J connectivity index is 2.01. The van der Waals surface area contributed by atoms with Crippen LogP contribution in [0.25, 0.3) is 0 Å². The van der Waals surface area contributed by atoms with Crippen LogP contribution in [0.5, 0.6) is 0 Å². The molecule has 4 atom stereocenters. The SMILES string of the molecule is CCCC(C)C(CN)N1CC2CCCCN2CC1C. The van der Waals surface area contributed by atoms with E-state index < -0.39 is 0 Å². The summed E-state index contributed by atoms with van der Waals surface area (Å²) in [4.78, 5) is 5.45. The van der Waals surface area contributed by atoms with Crippen LogP contribution < -0.4 is 5.73 Å². The van der Waals surface area contributed by atoms with Crippen molar-refractivity contribution < 1.29 is 0 Å². The van der Waals surface area contributed by atoms with Crippen molar-refractivity contribution in [1.29, 1.82) is 0 Å². The predicted molar refractivity (Wildman–Crippen MR) is 82.3 cm³/mol. The zero-order valence-corrected chi connectivity index (χ0v) is 13.1. The molecule has 0 saturated carbocycles. The van der Waals surface area contributed by atoms with Gasteiger partial charge in [0.1, 0.15) is 0 Å². The minimum atomic E-state index is 0.582. The van der Waals surface area contributed by atoms with E-state index in [-0.39, 0.29) is 0 Å². The highest BCUT2D eigenvalue weighted by Gasteiger charge is 2.36. The Morgan fingerprint density at radius 1 is 1.26 bits per heavy atom. The van der Waals surface area contributed by atoms with Crippen molar-refractivity contribution in [3.05, 3.63) is 0 Å². The normalized spacial score (nSPS) is 32.8. The van der Waals surface area contributed by atoms with E-state index >= 15 is 0 Å². The molecule has 2 heterocycles. The monoisotopic (exact) mass is 267 g/mol. The fourth-order valence-electron chi connectivity index (χ4n) is 4.18. The second kappa shape index (κ2) is 7.05. The number of hydrogen-bond acceptors (Lipinski definition) is 3. The summed E-state index contributed by atoms with van der Waals surface area (Å²) in [5.74, 6) is 0.729. The molecular formula is C16H33N3. The van der Waals surface area contributed by atoms with Gasteiger partial charge in [0.25, 0.3) is 0 Å². The van der Waals surface area contributed by atoms with Gasteiger partial charge in [-0.25, -0.2) is 0 Å². The summed E-state index contributed by atoms with van der Waals surface area (Å²) in [6.07, 6.45) is 6.79. The van der Waals surface area contributed by atoms with Crippen molar-refractivity contribution in [2.24, 2.45) is 11.7 Å². The lowest BCUT2D eigenvalue weighted by Gasteiger charge is -2.51. The maximum Gasteiger partial charge on any atom is 0.0248 e. The second-order valence-corrected chi connectivity index (χ2v) is 6.76. The molecule has 0 spiro atoms. The minimum absolute atomic E-state index is 0.582. The van der Waals surface area contributed by atoms with Crippen molar-refractivity contribution >= 4 is 0 Å². The van der Waals surface area contributed by atoms with Gasteiger partial charge in [0.05, 0.1) is 0 Å². The smallest absolute Gasteiger partial charge is 0.0248 e. The van der Waals surface area contributed by atoms with Crippen molar-refractivity contribution in [2.45, 2.75) is 71.0 Å². The largest absolute Gasteiger partial charge is 0.329 e. The van der Waals surface area contributed by atoms with Gasteiger partial charge in [-0.15, -0.1) is 0 Å². The minimum Gasteiger partial charge on any atom is -0.329 e. The Labute approximate surface area is 119 Å². The lowest BCUT2D eigenvalue weighted by Crippen LogP contribution is -2.63. The third kappa shape index (κ3) is 3.50. The molecule has 2 rings (SSSR count). The number of piperazine rings is 1. The van der Waals surface area contributed by atoms with E-state index in [1.807, 2.05) is 0 Å². The van der Waals surface area contributed by atoms with Gasteiger partial charge in [-0.1, -0.05) is 26.7 Å². The first-order valence-corrected chi connectivity index (χ1v) is 8.37. The van der Waals surface area contributed by atoms with Crippen LogP contribution in [0.1, 0.15) is 52.9 Å². The first-order valence-electron chi connectivity index (χ1n) is 8.37. The van der Waals surface area contributed by atoms with E-state index in [0.29, 0.717) is 12.1 Å². The molecule has 2 N–H and O–H groups in total. The van der Waals surface area contributed by atoms with Crippen LogP contribution in [0, 0.1) is 5.92 Å². The molecule has 19 heavy (non-hydrogen) atoms. The third-order valence-electron chi connectivity index (χ3n) is 5.30. The van der Waals surface area contributed by atoms with Crippen molar-refractivity contribution in [1.82, 2.24) is 9.80 Å². The molecule has 3 nitrogen and oxygen atoms in total. The maximum absolute atomic E-state index is 6.11. The van der Waals surface area contributed by atoms with Gasteiger partial charge in [-0.3, -0.25) is 9.80 Å². The number of piperidine rings is 1. The molecule has 0 bridgehead atoms. The molecule has 3 heteroatoms. The Morgan fingerprint density at radius 3 is 2.74 bits per heavy atom. The average molecular weight is 267 g/mol. The first kappa shape index (κ1) is 15.3. The van der Waals surface area contributed by atoms with Crippen LogP contribution >= 0.6 is 0 Å². The van der Waals surface area contributed by atoms with E-state index in [1.54, 1.807) is 0 Å². The highest BCUT2D eigenvalue weighted by molar-refractivity contribution is 4.93. The predicted octanol–water partition coefficient (Wildman–Crippen LogP) is 2.31. The fraction of sp³-hybridized carbons (Fsp3) is 1.00. The Bertz CT molecular complexity index is 269. The summed E-state index contributed by atoms with van der Waals surface area (Å²) in [5.41, 5.74) is 6.11. The molecule has 2 aliphatic heterocycles. The fourth-order valence-corrected chi connectivity index (χ4v) is 4.18. The Kier molecular flexibility index (Phi) is 5.67. The number of fused-ring (bicyclic) bond motifs is 1. The number of rotatable bonds is 5. The highest BCUT2D eigenvalue weighted by atomic mass is 15.3. The van der Waals surface area contributed by atoms with Gasteiger partial charge in [-0.2, -0.15) is 0 Å². The van der Waals surface area contributed by atoms with Crippen LogP contribution in [0.2, 0.25) is 0 Å². The molecule has 2 saturated heterocycles. The molecule has 0 aromatic carbocycles.